The van der Waals surface area contributed by atoms with Gasteiger partial charge in [0, 0.05) is 39.6 Å². The van der Waals surface area contributed by atoms with Crippen LogP contribution in [-0.2, 0) is 16.1 Å². The fourth-order valence-electron chi connectivity index (χ4n) is 3.30. The number of nitrogens with one attached hydrogen (secondary N) is 1. The molecular formula is C25H31Cl3N2O3. The molecule has 0 aliphatic rings. The van der Waals surface area contributed by atoms with Crippen molar-refractivity contribution in [1.29, 1.82) is 0 Å². The summed E-state index contributed by atoms with van der Waals surface area (Å²) in [4.78, 5) is 27.8. The molecule has 0 unspecified atom stereocenters. The van der Waals surface area contributed by atoms with Crippen molar-refractivity contribution in [3.05, 3.63) is 63.1 Å². The van der Waals surface area contributed by atoms with E-state index in [1.165, 1.54) is 0 Å². The van der Waals surface area contributed by atoms with E-state index in [-0.39, 0.29) is 30.8 Å². The number of amides is 2. The molecular weight excluding hydrogens is 483 g/mol. The Morgan fingerprint density at radius 3 is 2.21 bits per heavy atom. The summed E-state index contributed by atoms with van der Waals surface area (Å²) in [5, 5.41) is 4.55. The van der Waals surface area contributed by atoms with Gasteiger partial charge in [0.15, 0.2) is 0 Å². The second kappa shape index (κ2) is 13.7. The number of nitrogens with zero attached hydrogens (tertiary/aromatic N) is 1. The predicted molar refractivity (Wildman–Crippen MR) is 135 cm³/mol. The van der Waals surface area contributed by atoms with E-state index in [4.69, 9.17) is 39.5 Å². The Kier molecular flexibility index (Phi) is 11.3. The van der Waals surface area contributed by atoms with Gasteiger partial charge in [0.05, 0.1) is 6.61 Å². The summed E-state index contributed by atoms with van der Waals surface area (Å²) >= 11 is 18.6. The van der Waals surface area contributed by atoms with Gasteiger partial charge in [0.2, 0.25) is 11.8 Å². The zero-order valence-corrected chi connectivity index (χ0v) is 21.5. The zero-order chi connectivity index (χ0) is 24.4. The summed E-state index contributed by atoms with van der Waals surface area (Å²) in [5.41, 5.74) is 0.626. The van der Waals surface area contributed by atoms with Gasteiger partial charge in [-0.2, -0.15) is 0 Å². The predicted octanol–water partition coefficient (Wildman–Crippen LogP) is 6.53. The van der Waals surface area contributed by atoms with E-state index >= 15 is 0 Å². The third kappa shape index (κ3) is 8.40. The van der Waals surface area contributed by atoms with Crippen LogP contribution in [0.2, 0.25) is 15.1 Å². The van der Waals surface area contributed by atoms with Gasteiger partial charge in [-0.25, -0.2) is 0 Å². The van der Waals surface area contributed by atoms with E-state index in [2.05, 4.69) is 5.32 Å². The molecule has 0 saturated heterocycles. The minimum atomic E-state index is -0.629. The molecule has 2 amide bonds. The van der Waals surface area contributed by atoms with Gasteiger partial charge in [-0.15, -0.1) is 0 Å². The van der Waals surface area contributed by atoms with Crippen LogP contribution in [0.25, 0.3) is 0 Å². The molecule has 8 heteroatoms. The van der Waals surface area contributed by atoms with Crippen molar-refractivity contribution in [1.82, 2.24) is 10.2 Å². The smallest absolute Gasteiger partial charge is 0.243 e. The number of carbonyl (C=O) groups excluding carboxylic acids is 2. The molecule has 2 aromatic rings. The summed E-state index contributed by atoms with van der Waals surface area (Å²) in [6, 6.07) is 11.6. The molecule has 0 heterocycles. The number of halogens is 3. The lowest BCUT2D eigenvalue weighted by Gasteiger charge is -2.32. The van der Waals surface area contributed by atoms with E-state index in [0.29, 0.717) is 45.8 Å². The second-order valence-electron chi connectivity index (χ2n) is 7.87. The van der Waals surface area contributed by atoms with Crippen molar-refractivity contribution >= 4 is 46.6 Å². The van der Waals surface area contributed by atoms with E-state index < -0.39 is 6.04 Å². The summed E-state index contributed by atoms with van der Waals surface area (Å²) in [6.07, 6.45) is 1.99. The molecule has 0 radical (unpaired) electrons. The van der Waals surface area contributed by atoms with E-state index in [9.17, 15) is 9.59 Å². The zero-order valence-electron chi connectivity index (χ0n) is 19.2. The molecule has 0 aromatic heterocycles. The van der Waals surface area contributed by atoms with E-state index in [1.54, 1.807) is 47.4 Å². The number of ether oxygens (including phenoxy) is 1. The van der Waals surface area contributed by atoms with Crippen LogP contribution in [0.4, 0.5) is 0 Å². The molecule has 33 heavy (non-hydrogen) atoms. The lowest BCUT2D eigenvalue weighted by Crippen LogP contribution is -2.50. The minimum Gasteiger partial charge on any atom is -0.494 e. The fourth-order valence-corrected chi connectivity index (χ4v) is 3.95. The molecule has 0 saturated carbocycles. The standard InChI is InChI=1S/C25H31Cl3N2O3/c1-4-17(3)29-25(32)23(5-2)30(16-20-21(27)8-6-9-22(20)28)24(31)10-7-15-33-19-13-11-18(26)12-14-19/h6,8-9,11-14,17,23H,4-5,7,10,15-16H2,1-3H3,(H,29,32)/t17-,23+/m1/s1. The first kappa shape index (κ1) is 27.3. The van der Waals surface area contributed by atoms with Crippen LogP contribution in [0.15, 0.2) is 42.5 Å². The number of hydrogen-bond acceptors (Lipinski definition) is 3. The highest BCUT2D eigenvalue weighted by molar-refractivity contribution is 6.36. The first-order valence-electron chi connectivity index (χ1n) is 11.2. The molecule has 2 atom stereocenters. The van der Waals surface area contributed by atoms with Crippen LogP contribution in [0.5, 0.6) is 5.75 Å². The van der Waals surface area contributed by atoms with E-state index in [0.717, 1.165) is 6.42 Å². The van der Waals surface area contributed by atoms with Crippen molar-refractivity contribution in [3.8, 4) is 5.75 Å². The molecule has 180 valence electrons. The highest BCUT2D eigenvalue weighted by Crippen LogP contribution is 2.27. The lowest BCUT2D eigenvalue weighted by molar-refractivity contribution is -0.141. The van der Waals surface area contributed by atoms with Crippen molar-refractivity contribution in [2.24, 2.45) is 0 Å². The normalized spacial score (nSPS) is 12.7. The fraction of sp³-hybridized carbons (Fsp3) is 0.440. The van der Waals surface area contributed by atoms with Gasteiger partial charge in [0.25, 0.3) is 0 Å². The largest absolute Gasteiger partial charge is 0.494 e. The maximum atomic E-state index is 13.3. The Morgan fingerprint density at radius 1 is 1.00 bits per heavy atom. The minimum absolute atomic E-state index is 0.0141. The number of benzene rings is 2. The van der Waals surface area contributed by atoms with Crippen molar-refractivity contribution in [3.63, 3.8) is 0 Å². The van der Waals surface area contributed by atoms with Crippen LogP contribution >= 0.6 is 34.8 Å². The Hall–Kier alpha value is -1.95. The Bertz CT molecular complexity index is 901. The molecule has 0 aliphatic heterocycles. The van der Waals surface area contributed by atoms with Crippen LogP contribution in [0, 0.1) is 0 Å². The van der Waals surface area contributed by atoms with Gasteiger partial charge in [-0.1, -0.05) is 54.7 Å². The van der Waals surface area contributed by atoms with Crippen LogP contribution < -0.4 is 10.1 Å². The SMILES string of the molecule is CC[C@@H](C)NC(=O)[C@H](CC)N(Cc1c(Cl)cccc1Cl)C(=O)CCCOc1ccc(Cl)cc1. The molecule has 5 nitrogen and oxygen atoms in total. The number of rotatable bonds is 12. The van der Waals surface area contributed by atoms with Crippen molar-refractivity contribution in [2.45, 2.75) is 65.1 Å². The Balaban J connectivity index is 2.13. The van der Waals surface area contributed by atoms with Crippen LogP contribution in [-0.4, -0.2) is 35.4 Å². The van der Waals surface area contributed by atoms with Gasteiger partial charge in [0.1, 0.15) is 11.8 Å². The molecule has 0 aliphatic carbocycles. The maximum absolute atomic E-state index is 13.3. The van der Waals surface area contributed by atoms with Gasteiger partial charge in [-0.3, -0.25) is 9.59 Å². The molecule has 0 spiro atoms. The summed E-state index contributed by atoms with van der Waals surface area (Å²) in [6.45, 7) is 6.35. The average Bonchev–Trinajstić information content (AvgIpc) is 2.79. The third-order valence-corrected chi connectivity index (χ3v) is 6.35. The quantitative estimate of drug-likeness (QED) is 0.328. The summed E-state index contributed by atoms with van der Waals surface area (Å²) in [5.74, 6) is 0.351. The highest BCUT2D eigenvalue weighted by Gasteiger charge is 2.30. The molecule has 2 rings (SSSR count). The molecule has 1 N–H and O–H groups in total. The lowest BCUT2D eigenvalue weighted by atomic mass is 10.1. The number of hydrogen-bond donors (Lipinski definition) is 1. The van der Waals surface area contributed by atoms with Crippen molar-refractivity contribution < 1.29 is 14.3 Å². The average molecular weight is 514 g/mol. The van der Waals surface area contributed by atoms with Crippen LogP contribution in [0.1, 0.15) is 52.0 Å². The highest BCUT2D eigenvalue weighted by atomic mass is 35.5. The van der Waals surface area contributed by atoms with Gasteiger partial charge >= 0.3 is 0 Å². The monoisotopic (exact) mass is 512 g/mol. The summed E-state index contributed by atoms with van der Waals surface area (Å²) < 4.78 is 5.70. The second-order valence-corrected chi connectivity index (χ2v) is 9.12. The van der Waals surface area contributed by atoms with Gasteiger partial charge < -0.3 is 15.0 Å². The number of carbonyl (C=O) groups is 2. The third-order valence-electron chi connectivity index (χ3n) is 5.39. The van der Waals surface area contributed by atoms with E-state index in [1.807, 2.05) is 20.8 Å². The Morgan fingerprint density at radius 2 is 1.64 bits per heavy atom. The molecule has 2 aromatic carbocycles. The van der Waals surface area contributed by atoms with Crippen LogP contribution in [0.3, 0.4) is 0 Å². The Labute approximate surface area is 211 Å². The van der Waals surface area contributed by atoms with Crippen molar-refractivity contribution in [2.75, 3.05) is 6.61 Å². The first-order valence-corrected chi connectivity index (χ1v) is 12.3. The first-order chi connectivity index (χ1) is 15.8. The summed E-state index contributed by atoms with van der Waals surface area (Å²) in [7, 11) is 0. The van der Waals surface area contributed by atoms with Gasteiger partial charge in [-0.05, 0) is 62.6 Å². The molecule has 0 bridgehead atoms. The molecule has 0 fully saturated rings. The topological polar surface area (TPSA) is 58.6 Å². The maximum Gasteiger partial charge on any atom is 0.243 e.